The molecule has 0 amide bonds. The molecule has 220 valence electrons. The second-order valence-electron chi connectivity index (χ2n) is 14.7. The van der Waals surface area contributed by atoms with Gasteiger partial charge in [-0.25, -0.2) is 0 Å². The van der Waals surface area contributed by atoms with Gasteiger partial charge in [0.25, 0.3) is 0 Å². The van der Waals surface area contributed by atoms with E-state index in [2.05, 4.69) is 133 Å². The third-order valence-corrected chi connectivity index (χ3v) is 11.8. The zero-order chi connectivity index (χ0) is 30.0. The SMILES string of the molecule is Cc1cc(-c2ccc(-c3ccc(C45CCC(c6ccccc6)(CC4)CC5)cc3)c(C)c2)ccc1B1OC(C)(C)C(C)(C)O1. The summed E-state index contributed by atoms with van der Waals surface area (Å²) in [5, 5.41) is 0. The highest BCUT2D eigenvalue weighted by atomic mass is 16.7. The van der Waals surface area contributed by atoms with Crippen LogP contribution in [0.3, 0.4) is 0 Å². The first-order valence-corrected chi connectivity index (χ1v) is 16.2. The fraction of sp³-hybridized carbons (Fsp3) is 0.400. The average molecular weight is 569 g/mol. The molecule has 0 N–H and O–H groups in total. The normalized spacial score (nSPS) is 25.7. The summed E-state index contributed by atoms with van der Waals surface area (Å²) in [5.41, 5.74) is 11.9. The second-order valence-corrected chi connectivity index (χ2v) is 14.7. The van der Waals surface area contributed by atoms with Gasteiger partial charge in [-0.3, -0.25) is 0 Å². The van der Waals surface area contributed by atoms with Crippen molar-refractivity contribution in [3.05, 3.63) is 113 Å². The molecular weight excluding hydrogens is 523 g/mol. The summed E-state index contributed by atoms with van der Waals surface area (Å²) in [4.78, 5) is 0. The van der Waals surface area contributed by atoms with E-state index in [1.165, 1.54) is 71.9 Å². The zero-order valence-electron chi connectivity index (χ0n) is 26.8. The molecule has 4 aromatic carbocycles. The number of aryl methyl sites for hydroxylation is 2. The highest BCUT2D eigenvalue weighted by Gasteiger charge is 2.52. The van der Waals surface area contributed by atoms with Gasteiger partial charge in [0.1, 0.15) is 0 Å². The van der Waals surface area contributed by atoms with E-state index < -0.39 is 0 Å². The molecule has 43 heavy (non-hydrogen) atoms. The maximum atomic E-state index is 6.32. The van der Waals surface area contributed by atoms with Crippen molar-refractivity contribution in [3.63, 3.8) is 0 Å². The summed E-state index contributed by atoms with van der Waals surface area (Å²) in [7, 11) is -0.334. The van der Waals surface area contributed by atoms with Gasteiger partial charge >= 0.3 is 7.12 Å². The van der Waals surface area contributed by atoms with Gasteiger partial charge in [0, 0.05) is 0 Å². The maximum absolute atomic E-state index is 6.32. The van der Waals surface area contributed by atoms with Crippen LogP contribution in [-0.2, 0) is 20.1 Å². The van der Waals surface area contributed by atoms with Crippen molar-refractivity contribution in [1.82, 2.24) is 0 Å². The Morgan fingerprint density at radius 3 is 1.49 bits per heavy atom. The van der Waals surface area contributed by atoms with Gasteiger partial charge in [0.2, 0.25) is 0 Å². The van der Waals surface area contributed by atoms with Crippen molar-refractivity contribution in [2.75, 3.05) is 0 Å². The quantitative estimate of drug-likeness (QED) is 0.223. The van der Waals surface area contributed by atoms with E-state index in [9.17, 15) is 0 Å². The van der Waals surface area contributed by atoms with Crippen LogP contribution in [0, 0.1) is 13.8 Å². The molecule has 0 radical (unpaired) electrons. The lowest BCUT2D eigenvalue weighted by Gasteiger charge is -2.54. The summed E-state index contributed by atoms with van der Waals surface area (Å²) >= 11 is 0. The van der Waals surface area contributed by atoms with E-state index in [-0.39, 0.29) is 18.3 Å². The Morgan fingerprint density at radius 1 is 0.512 bits per heavy atom. The van der Waals surface area contributed by atoms with E-state index in [0.717, 1.165) is 5.46 Å². The van der Waals surface area contributed by atoms with Crippen LogP contribution >= 0.6 is 0 Å². The van der Waals surface area contributed by atoms with Crippen molar-refractivity contribution >= 4 is 12.6 Å². The molecule has 4 fully saturated rings. The number of hydrogen-bond donors (Lipinski definition) is 0. The first kappa shape index (κ1) is 28.6. The minimum Gasteiger partial charge on any atom is -0.399 e. The van der Waals surface area contributed by atoms with Crippen molar-refractivity contribution in [3.8, 4) is 22.3 Å². The van der Waals surface area contributed by atoms with Crippen LogP contribution in [0.5, 0.6) is 0 Å². The molecule has 4 aromatic rings. The lowest BCUT2D eigenvalue weighted by molar-refractivity contribution is 0.00578. The van der Waals surface area contributed by atoms with E-state index in [1.54, 1.807) is 11.1 Å². The molecule has 3 aliphatic carbocycles. The third-order valence-electron chi connectivity index (χ3n) is 11.8. The molecule has 1 heterocycles. The topological polar surface area (TPSA) is 18.5 Å². The Labute approximate surface area is 259 Å². The van der Waals surface area contributed by atoms with Crippen molar-refractivity contribution in [1.29, 1.82) is 0 Å². The molecule has 8 rings (SSSR count). The zero-order valence-corrected chi connectivity index (χ0v) is 26.8. The lowest BCUT2D eigenvalue weighted by Crippen LogP contribution is -2.46. The smallest absolute Gasteiger partial charge is 0.399 e. The van der Waals surface area contributed by atoms with Crippen LogP contribution in [0.4, 0.5) is 0 Å². The number of fused-ring (bicyclic) bond motifs is 3. The molecule has 2 bridgehead atoms. The van der Waals surface area contributed by atoms with Crippen LogP contribution in [0.2, 0.25) is 0 Å². The molecule has 3 saturated carbocycles. The van der Waals surface area contributed by atoms with E-state index in [1.807, 2.05) is 0 Å². The highest BCUT2D eigenvalue weighted by Crippen LogP contribution is 2.58. The van der Waals surface area contributed by atoms with Crippen LogP contribution < -0.4 is 5.46 Å². The first-order chi connectivity index (χ1) is 20.5. The molecule has 0 spiro atoms. The largest absolute Gasteiger partial charge is 0.495 e. The molecular formula is C40H45BO2. The monoisotopic (exact) mass is 568 g/mol. The fourth-order valence-corrected chi connectivity index (χ4v) is 8.10. The van der Waals surface area contributed by atoms with E-state index in [4.69, 9.17) is 9.31 Å². The molecule has 1 aliphatic heterocycles. The number of hydrogen-bond acceptors (Lipinski definition) is 2. The van der Waals surface area contributed by atoms with Crippen LogP contribution in [0.25, 0.3) is 22.3 Å². The highest BCUT2D eigenvalue weighted by molar-refractivity contribution is 6.62. The Hall–Kier alpha value is -3.14. The Morgan fingerprint density at radius 2 is 0.977 bits per heavy atom. The predicted octanol–water partition coefficient (Wildman–Crippen LogP) is 9.48. The van der Waals surface area contributed by atoms with Gasteiger partial charge in [0.05, 0.1) is 11.2 Å². The minimum atomic E-state index is -0.339. The summed E-state index contributed by atoms with van der Waals surface area (Å²) in [6, 6.07) is 34.4. The van der Waals surface area contributed by atoms with Gasteiger partial charge in [0.15, 0.2) is 0 Å². The van der Waals surface area contributed by atoms with Crippen molar-refractivity contribution in [2.45, 2.75) is 102 Å². The summed E-state index contributed by atoms with van der Waals surface area (Å²) in [5.74, 6) is 0. The summed E-state index contributed by atoms with van der Waals surface area (Å²) in [6.07, 6.45) is 7.87. The van der Waals surface area contributed by atoms with Crippen LogP contribution in [0.1, 0.15) is 88.5 Å². The molecule has 0 aromatic heterocycles. The average Bonchev–Trinajstić information content (AvgIpc) is 3.24. The summed E-state index contributed by atoms with van der Waals surface area (Å²) < 4.78 is 12.6. The molecule has 0 atom stereocenters. The van der Waals surface area contributed by atoms with Crippen molar-refractivity contribution in [2.24, 2.45) is 0 Å². The molecule has 3 heteroatoms. The van der Waals surface area contributed by atoms with Gasteiger partial charge in [-0.1, -0.05) is 96.6 Å². The lowest BCUT2D eigenvalue weighted by atomic mass is 9.50. The maximum Gasteiger partial charge on any atom is 0.495 e. The van der Waals surface area contributed by atoms with Gasteiger partial charge in [-0.05, 0) is 135 Å². The third kappa shape index (κ3) is 4.80. The van der Waals surface area contributed by atoms with Gasteiger partial charge in [-0.15, -0.1) is 0 Å². The Balaban J connectivity index is 1.07. The van der Waals surface area contributed by atoms with Crippen molar-refractivity contribution < 1.29 is 9.31 Å². The second kappa shape index (κ2) is 10.2. The molecule has 4 aliphatic rings. The molecule has 2 nitrogen and oxygen atoms in total. The summed E-state index contributed by atoms with van der Waals surface area (Å²) in [6.45, 7) is 12.8. The Kier molecular flexibility index (Phi) is 6.80. The first-order valence-electron chi connectivity index (χ1n) is 16.2. The van der Waals surface area contributed by atoms with E-state index >= 15 is 0 Å². The van der Waals surface area contributed by atoms with Gasteiger partial charge in [-0.2, -0.15) is 0 Å². The molecule has 0 unspecified atom stereocenters. The number of rotatable bonds is 5. The molecule has 1 saturated heterocycles. The minimum absolute atomic E-state index is 0.334. The standard InChI is InChI=1S/C40H45BO2/c1-28-26-31(32-15-19-36(29(2)27-32)41-42-37(3,4)38(5,6)43-41)14-18-35(28)30-12-16-34(17-13-30)40-23-20-39(21-24-40,22-25-40)33-10-8-7-9-11-33/h7-19,26-27H,20-25H2,1-6H3. The van der Waals surface area contributed by atoms with Crippen LogP contribution in [-0.4, -0.2) is 18.3 Å². The fourth-order valence-electron chi connectivity index (χ4n) is 8.10. The predicted molar refractivity (Wildman–Crippen MR) is 180 cm³/mol. The van der Waals surface area contributed by atoms with Crippen LogP contribution in [0.15, 0.2) is 91.0 Å². The number of benzene rings is 4. The van der Waals surface area contributed by atoms with Gasteiger partial charge < -0.3 is 9.31 Å². The van der Waals surface area contributed by atoms with E-state index in [0.29, 0.717) is 10.8 Å². The Bertz CT molecular complexity index is 1610.